The number of thioether (sulfide) groups is 2. The molecule has 0 heterocycles. The first-order valence-electron chi connectivity index (χ1n) is 7.51. The van der Waals surface area contributed by atoms with Crippen molar-refractivity contribution < 1.29 is 16.8 Å². The summed E-state index contributed by atoms with van der Waals surface area (Å²) in [5.74, 6) is 0. The molecular weight excluding hydrogens is 477 g/mol. The quantitative estimate of drug-likeness (QED) is 0.348. The van der Waals surface area contributed by atoms with Gasteiger partial charge in [-0.3, -0.25) is 0 Å². The molecule has 2 rings (SSSR count). The maximum absolute atomic E-state index is 12.4. The third-order valence-electron chi connectivity index (χ3n) is 3.01. The molecule has 2 aromatic rings. The Bertz CT molecular complexity index is 965. The lowest BCUT2D eigenvalue weighted by Gasteiger charge is -2.05. The van der Waals surface area contributed by atoms with Gasteiger partial charge in [0.2, 0.25) is 0 Å². The van der Waals surface area contributed by atoms with E-state index >= 15 is 0 Å². The highest BCUT2D eigenvalue weighted by molar-refractivity contribution is 8.93. The van der Waals surface area contributed by atoms with Crippen molar-refractivity contribution in [2.45, 2.75) is 9.79 Å². The van der Waals surface area contributed by atoms with Crippen molar-refractivity contribution >= 4 is 73.9 Å². The Balaban J connectivity index is 2.19. The van der Waals surface area contributed by atoms with E-state index in [2.05, 4.69) is 8.80 Å². The molecule has 0 radical (unpaired) electrons. The van der Waals surface area contributed by atoms with Gasteiger partial charge < -0.3 is 0 Å². The summed E-state index contributed by atoms with van der Waals surface area (Å²) in [4.78, 5) is 0.190. The van der Waals surface area contributed by atoms with Crippen LogP contribution < -0.4 is 0 Å². The van der Waals surface area contributed by atoms with Crippen molar-refractivity contribution in [3.63, 3.8) is 0 Å². The van der Waals surface area contributed by atoms with Gasteiger partial charge >= 0.3 is 0 Å². The number of benzene rings is 2. The molecule has 0 unspecified atom stereocenters. The zero-order chi connectivity index (χ0) is 20.6. The fourth-order valence-electron chi connectivity index (χ4n) is 1.73. The second kappa shape index (κ2) is 10.7. The molecule has 0 saturated carbocycles. The van der Waals surface area contributed by atoms with Crippen LogP contribution in [0.2, 0.25) is 0 Å². The van der Waals surface area contributed by atoms with Crippen LogP contribution in [-0.4, -0.2) is 38.1 Å². The van der Waals surface area contributed by atoms with Gasteiger partial charge in [-0.05, 0) is 58.4 Å². The van der Waals surface area contributed by atoms with Crippen LogP contribution in [-0.2, 0) is 20.0 Å². The highest BCUT2D eigenvalue weighted by Gasteiger charge is 2.17. The van der Waals surface area contributed by atoms with Gasteiger partial charge in [0, 0.05) is 0 Å². The number of nitrogens with zero attached hydrogens (tertiary/aromatic N) is 2. The third-order valence-corrected chi connectivity index (χ3v) is 10.8. The first kappa shape index (κ1) is 23.4. The highest BCUT2D eigenvalue weighted by Crippen LogP contribution is 2.34. The largest absolute Gasteiger partial charge is 0.283 e. The van der Waals surface area contributed by atoms with Gasteiger partial charge in [-0.1, -0.05) is 36.4 Å². The second-order valence-electron chi connectivity index (χ2n) is 4.87. The van der Waals surface area contributed by atoms with Crippen LogP contribution in [0.25, 0.3) is 0 Å². The molecule has 0 aliphatic heterocycles. The van der Waals surface area contributed by atoms with Crippen LogP contribution in [0.5, 0.6) is 0 Å². The number of sulfonamides is 2. The maximum atomic E-state index is 12.4. The standard InChI is InChI=1S/C16H16N2O4S6/c1-23-15(17-27(19,20)13-9-5-3-6-10-13)25-26-16(24-2)18-28(21,22)14-11-7-4-8-12-14/h3-12H,1-2H3. The van der Waals surface area contributed by atoms with Crippen molar-refractivity contribution in [1.82, 2.24) is 0 Å². The fraction of sp³-hybridized carbons (Fsp3) is 0.125. The smallest absolute Gasteiger partial charge is 0.199 e. The van der Waals surface area contributed by atoms with Crippen LogP contribution in [0.3, 0.4) is 0 Å². The molecule has 0 aromatic heterocycles. The van der Waals surface area contributed by atoms with Gasteiger partial charge in [0.25, 0.3) is 20.0 Å². The van der Waals surface area contributed by atoms with Gasteiger partial charge in [0.15, 0.2) is 8.75 Å². The first-order chi connectivity index (χ1) is 13.3. The maximum Gasteiger partial charge on any atom is 0.283 e. The molecule has 2 aromatic carbocycles. The van der Waals surface area contributed by atoms with Gasteiger partial charge in [0.1, 0.15) is 0 Å². The average Bonchev–Trinajstić information content (AvgIpc) is 2.71. The molecule has 0 bridgehead atoms. The average molecular weight is 493 g/mol. The molecule has 6 nitrogen and oxygen atoms in total. The predicted octanol–water partition coefficient (Wildman–Crippen LogP) is 4.58. The summed E-state index contributed by atoms with van der Waals surface area (Å²) in [6, 6.07) is 15.8. The molecule has 0 N–H and O–H groups in total. The number of hydrogen-bond acceptors (Lipinski definition) is 8. The molecule has 0 fully saturated rings. The summed E-state index contributed by atoms with van der Waals surface area (Å²) in [5, 5.41) is 0. The minimum Gasteiger partial charge on any atom is -0.199 e. The van der Waals surface area contributed by atoms with E-state index in [9.17, 15) is 16.8 Å². The fourth-order valence-corrected chi connectivity index (χ4v) is 8.85. The topological polar surface area (TPSA) is 93.0 Å². The summed E-state index contributed by atoms with van der Waals surface area (Å²) in [6.45, 7) is 0. The van der Waals surface area contributed by atoms with Crippen molar-refractivity contribution in [1.29, 1.82) is 0 Å². The van der Waals surface area contributed by atoms with E-state index < -0.39 is 20.0 Å². The van der Waals surface area contributed by atoms with Crippen LogP contribution in [0.15, 0.2) is 79.3 Å². The monoisotopic (exact) mass is 492 g/mol. The highest BCUT2D eigenvalue weighted by atomic mass is 33.1. The number of rotatable bonds is 4. The molecule has 0 spiro atoms. The minimum absolute atomic E-state index is 0.0950. The summed E-state index contributed by atoms with van der Waals surface area (Å²) >= 11 is 2.32. The van der Waals surface area contributed by atoms with E-state index in [1.165, 1.54) is 24.3 Å². The summed E-state index contributed by atoms with van der Waals surface area (Å²) in [6.07, 6.45) is 3.40. The molecule has 12 heteroatoms. The Hall–Kier alpha value is -0.920. The van der Waals surface area contributed by atoms with Crippen molar-refractivity contribution in [3.8, 4) is 0 Å². The lowest BCUT2D eigenvalue weighted by atomic mass is 10.4. The van der Waals surface area contributed by atoms with Crippen LogP contribution in [0.4, 0.5) is 0 Å². The Morgan fingerprint density at radius 2 is 0.964 bits per heavy atom. The normalized spacial score (nSPS) is 13.5. The van der Waals surface area contributed by atoms with E-state index in [4.69, 9.17) is 0 Å². The van der Waals surface area contributed by atoms with E-state index in [0.29, 0.717) is 0 Å². The first-order valence-corrected chi connectivity index (χ1v) is 15.0. The Labute approximate surface area is 181 Å². The lowest BCUT2D eigenvalue weighted by Crippen LogP contribution is -2.01. The van der Waals surface area contributed by atoms with Crippen LogP contribution in [0.1, 0.15) is 0 Å². The second-order valence-corrected chi connectivity index (χ2v) is 12.3. The molecule has 0 amide bonds. The summed E-state index contributed by atoms with van der Waals surface area (Å²) in [5.41, 5.74) is 0. The van der Waals surface area contributed by atoms with E-state index in [-0.39, 0.29) is 18.5 Å². The Kier molecular flexibility index (Phi) is 8.96. The Morgan fingerprint density at radius 3 is 1.25 bits per heavy atom. The van der Waals surface area contributed by atoms with E-state index in [0.717, 1.165) is 45.1 Å². The van der Waals surface area contributed by atoms with Crippen LogP contribution in [0, 0.1) is 0 Å². The van der Waals surface area contributed by atoms with Gasteiger partial charge in [0.05, 0.1) is 9.79 Å². The van der Waals surface area contributed by atoms with Gasteiger partial charge in [-0.15, -0.1) is 32.3 Å². The zero-order valence-corrected chi connectivity index (χ0v) is 19.6. The van der Waals surface area contributed by atoms with Gasteiger partial charge in [-0.2, -0.15) is 16.8 Å². The lowest BCUT2D eigenvalue weighted by molar-refractivity contribution is 0.596. The zero-order valence-electron chi connectivity index (χ0n) is 14.8. The van der Waals surface area contributed by atoms with Crippen molar-refractivity contribution in [2.75, 3.05) is 12.5 Å². The Morgan fingerprint density at radius 1 is 0.643 bits per heavy atom. The summed E-state index contributed by atoms with van der Waals surface area (Å²) < 4.78 is 57.7. The molecule has 150 valence electrons. The SMILES string of the molecule is CSC(=NS(=O)(=O)c1ccccc1)SSC(=NS(=O)(=O)c1ccccc1)SC. The predicted molar refractivity (Wildman–Crippen MR) is 124 cm³/mol. The van der Waals surface area contributed by atoms with E-state index in [1.54, 1.807) is 48.9 Å². The molecular formula is C16H16N2O4S6. The van der Waals surface area contributed by atoms with Crippen molar-refractivity contribution in [2.24, 2.45) is 8.80 Å². The molecule has 0 atom stereocenters. The minimum atomic E-state index is -3.84. The van der Waals surface area contributed by atoms with Crippen molar-refractivity contribution in [3.05, 3.63) is 60.7 Å². The number of hydrogen-bond donors (Lipinski definition) is 0. The van der Waals surface area contributed by atoms with E-state index in [1.807, 2.05) is 0 Å². The molecule has 28 heavy (non-hydrogen) atoms. The summed E-state index contributed by atoms with van der Waals surface area (Å²) in [7, 11) is -5.58. The third kappa shape index (κ3) is 6.85. The molecule has 0 aliphatic rings. The van der Waals surface area contributed by atoms with Crippen LogP contribution >= 0.6 is 45.1 Å². The van der Waals surface area contributed by atoms with Gasteiger partial charge in [-0.25, -0.2) is 0 Å². The molecule has 0 saturated heterocycles. The molecule has 0 aliphatic carbocycles.